The molecule has 0 spiro atoms. The van der Waals surface area contributed by atoms with Gasteiger partial charge in [0.25, 0.3) is 0 Å². The van der Waals surface area contributed by atoms with Crippen LogP contribution in [-0.2, 0) is 0 Å². The van der Waals surface area contributed by atoms with Gasteiger partial charge in [-0.05, 0) is 146 Å². The van der Waals surface area contributed by atoms with Gasteiger partial charge >= 0.3 is 0 Å². The number of aliphatic hydroxyl groups is 1. The van der Waals surface area contributed by atoms with Crippen molar-refractivity contribution in [2.45, 2.75) is 138 Å². The van der Waals surface area contributed by atoms with E-state index in [1.165, 1.54) is 76.2 Å². The van der Waals surface area contributed by atoms with E-state index < -0.39 is 0 Å². The van der Waals surface area contributed by atoms with Crippen LogP contribution in [0.5, 0.6) is 0 Å². The summed E-state index contributed by atoms with van der Waals surface area (Å²) >= 11 is 0. The van der Waals surface area contributed by atoms with Crippen molar-refractivity contribution >= 4 is 0 Å². The SMILES string of the molecule is C=C[C@@]1(C)CC[C@@]2(C)[C@@H](CC[C@]3(C)C(=C)CC(CC[C@]4(C)C=C(O)C5C(CC[C@H]6C(C)(C)CCC[C@]56C)C4)=C[C@H]23)C1. The molecule has 0 radical (unpaired) electrons. The number of allylic oxidation sites excluding steroid dienone is 6. The first-order valence-corrected chi connectivity index (χ1v) is 17.5. The molecule has 10 atom stereocenters. The Labute approximate surface area is 253 Å². The molecule has 2 unspecified atom stereocenters. The van der Waals surface area contributed by atoms with Crippen molar-refractivity contribution in [2.24, 2.45) is 62.1 Å². The lowest BCUT2D eigenvalue weighted by molar-refractivity contribution is -0.106. The third kappa shape index (κ3) is 4.60. The Balaban J connectivity index is 1.22. The summed E-state index contributed by atoms with van der Waals surface area (Å²) in [6.07, 6.45) is 25.1. The van der Waals surface area contributed by atoms with Crippen LogP contribution < -0.4 is 0 Å². The maximum Gasteiger partial charge on any atom is 0.0927 e. The summed E-state index contributed by atoms with van der Waals surface area (Å²) < 4.78 is 0. The molecule has 6 aliphatic carbocycles. The van der Waals surface area contributed by atoms with Crippen molar-refractivity contribution < 1.29 is 5.11 Å². The fourth-order valence-corrected chi connectivity index (χ4v) is 12.6. The maximum absolute atomic E-state index is 11.7. The Morgan fingerprint density at radius 3 is 2.39 bits per heavy atom. The number of fused-ring (bicyclic) bond motifs is 6. The van der Waals surface area contributed by atoms with Crippen molar-refractivity contribution in [2.75, 3.05) is 0 Å². The molecule has 1 nitrogen and oxygen atoms in total. The van der Waals surface area contributed by atoms with E-state index in [0.29, 0.717) is 34.0 Å². The van der Waals surface area contributed by atoms with Crippen LogP contribution in [0.1, 0.15) is 138 Å². The predicted octanol–water partition coefficient (Wildman–Crippen LogP) is 11.8. The molecule has 6 aliphatic rings. The average molecular weight is 559 g/mol. The van der Waals surface area contributed by atoms with Crippen LogP contribution in [0.4, 0.5) is 0 Å². The summed E-state index contributed by atoms with van der Waals surface area (Å²) in [6.45, 7) is 26.6. The molecule has 1 heteroatoms. The van der Waals surface area contributed by atoms with Gasteiger partial charge in [-0.25, -0.2) is 0 Å². The largest absolute Gasteiger partial charge is 0.512 e. The topological polar surface area (TPSA) is 20.2 Å². The minimum atomic E-state index is 0.0944. The molecule has 4 fully saturated rings. The van der Waals surface area contributed by atoms with Crippen LogP contribution in [0, 0.1) is 62.1 Å². The summed E-state index contributed by atoms with van der Waals surface area (Å²) in [4.78, 5) is 0. The van der Waals surface area contributed by atoms with E-state index in [4.69, 9.17) is 6.58 Å². The zero-order chi connectivity index (χ0) is 29.6. The Morgan fingerprint density at radius 1 is 0.902 bits per heavy atom. The van der Waals surface area contributed by atoms with E-state index in [9.17, 15) is 5.11 Å². The van der Waals surface area contributed by atoms with Gasteiger partial charge in [-0.3, -0.25) is 0 Å². The molecule has 0 heterocycles. The Kier molecular flexibility index (Phi) is 7.00. The number of rotatable bonds is 4. The minimum Gasteiger partial charge on any atom is -0.512 e. The normalized spacial score (nSPS) is 50.8. The zero-order valence-corrected chi connectivity index (χ0v) is 27.9. The molecular formula is C40H62O. The van der Waals surface area contributed by atoms with Gasteiger partial charge in [0.15, 0.2) is 0 Å². The summed E-state index contributed by atoms with van der Waals surface area (Å²) in [7, 11) is 0. The van der Waals surface area contributed by atoms with Crippen LogP contribution in [0.25, 0.3) is 0 Å². The van der Waals surface area contributed by atoms with Crippen LogP contribution >= 0.6 is 0 Å². The molecule has 0 aliphatic heterocycles. The lowest BCUT2D eigenvalue weighted by Gasteiger charge is -2.62. The van der Waals surface area contributed by atoms with Gasteiger partial charge in [-0.2, -0.15) is 0 Å². The predicted molar refractivity (Wildman–Crippen MR) is 175 cm³/mol. The fourth-order valence-electron chi connectivity index (χ4n) is 12.6. The van der Waals surface area contributed by atoms with Crippen molar-refractivity contribution in [1.82, 2.24) is 0 Å². The lowest BCUT2D eigenvalue weighted by atomic mass is 9.43. The Morgan fingerprint density at radius 2 is 1.66 bits per heavy atom. The average Bonchev–Trinajstić information content (AvgIpc) is 2.88. The highest BCUT2D eigenvalue weighted by atomic mass is 16.3. The first-order chi connectivity index (χ1) is 19.1. The van der Waals surface area contributed by atoms with E-state index in [1.54, 1.807) is 5.57 Å². The molecule has 0 aromatic carbocycles. The summed E-state index contributed by atoms with van der Waals surface area (Å²) in [5, 5.41) is 11.7. The first kappa shape index (κ1) is 29.8. The van der Waals surface area contributed by atoms with E-state index in [1.807, 2.05) is 0 Å². The number of hydrogen-bond donors (Lipinski definition) is 1. The molecule has 1 N–H and O–H groups in total. The molecule has 0 amide bonds. The number of aliphatic hydroxyl groups excluding tert-OH is 1. The van der Waals surface area contributed by atoms with Crippen LogP contribution in [0.2, 0.25) is 0 Å². The van der Waals surface area contributed by atoms with Gasteiger partial charge in [0, 0.05) is 5.92 Å². The van der Waals surface area contributed by atoms with Crippen molar-refractivity contribution in [3.8, 4) is 0 Å². The molecular weight excluding hydrogens is 496 g/mol. The Hall–Kier alpha value is -1.24. The van der Waals surface area contributed by atoms with E-state index in [-0.39, 0.29) is 16.2 Å². The van der Waals surface area contributed by atoms with Gasteiger partial charge < -0.3 is 5.11 Å². The van der Waals surface area contributed by atoms with Crippen LogP contribution in [0.3, 0.4) is 0 Å². The monoisotopic (exact) mass is 558 g/mol. The van der Waals surface area contributed by atoms with E-state index >= 15 is 0 Å². The van der Waals surface area contributed by atoms with E-state index in [2.05, 4.69) is 73.3 Å². The molecule has 228 valence electrons. The summed E-state index contributed by atoms with van der Waals surface area (Å²) in [5.41, 5.74) is 4.81. The Bertz CT molecular complexity index is 1150. The van der Waals surface area contributed by atoms with Crippen LogP contribution in [-0.4, -0.2) is 5.11 Å². The van der Waals surface area contributed by atoms with Crippen molar-refractivity contribution in [1.29, 1.82) is 0 Å². The quantitative estimate of drug-likeness (QED) is 0.340. The molecule has 0 saturated heterocycles. The molecule has 41 heavy (non-hydrogen) atoms. The molecule has 0 aromatic heterocycles. The zero-order valence-electron chi connectivity index (χ0n) is 27.9. The second-order valence-electron chi connectivity index (χ2n) is 18.4. The highest BCUT2D eigenvalue weighted by Gasteiger charge is 2.59. The van der Waals surface area contributed by atoms with Gasteiger partial charge in [0.2, 0.25) is 0 Å². The third-order valence-corrected chi connectivity index (χ3v) is 15.3. The third-order valence-electron chi connectivity index (χ3n) is 15.3. The van der Waals surface area contributed by atoms with Gasteiger partial charge in [-0.15, -0.1) is 6.58 Å². The second kappa shape index (κ2) is 9.63. The first-order valence-electron chi connectivity index (χ1n) is 17.5. The highest BCUT2D eigenvalue weighted by Crippen LogP contribution is 2.68. The highest BCUT2D eigenvalue weighted by molar-refractivity contribution is 5.33. The van der Waals surface area contributed by atoms with Crippen molar-refractivity contribution in [3.05, 3.63) is 48.3 Å². The maximum atomic E-state index is 11.7. The summed E-state index contributed by atoms with van der Waals surface area (Å²) in [6, 6.07) is 0. The molecule has 6 rings (SSSR count). The molecule has 0 aromatic rings. The lowest BCUT2D eigenvalue weighted by Crippen LogP contribution is -2.54. The van der Waals surface area contributed by atoms with E-state index in [0.717, 1.165) is 36.9 Å². The molecule has 4 saturated carbocycles. The van der Waals surface area contributed by atoms with Crippen molar-refractivity contribution in [3.63, 3.8) is 0 Å². The van der Waals surface area contributed by atoms with Crippen LogP contribution in [0.15, 0.2) is 48.3 Å². The van der Waals surface area contributed by atoms with Gasteiger partial charge in [0.05, 0.1) is 5.76 Å². The fraction of sp³-hybridized carbons (Fsp3) is 0.800. The minimum absolute atomic E-state index is 0.0944. The van der Waals surface area contributed by atoms with Gasteiger partial charge in [0.1, 0.15) is 0 Å². The summed E-state index contributed by atoms with van der Waals surface area (Å²) in [5.74, 6) is 3.89. The standard InChI is InChI=1S/C40H62O/c1-10-36(5)20-21-39(8)30(25-36)15-19-38(7)27(2)22-28(23-33(38)39)14-18-37(6)24-29-12-13-32-35(3,4)16-11-17-40(32,9)34(29)31(41)26-37/h10,23,26,29-30,32-34,41H,1-2,11-22,24-25H2,3-9H3/t29?,30-,32-,33-,34?,36-,37-,38+,39-,40-/m0/s1. The second-order valence-corrected chi connectivity index (χ2v) is 18.4. The molecule has 0 bridgehead atoms. The van der Waals surface area contributed by atoms with Gasteiger partial charge in [-0.1, -0.05) is 84.8 Å². The smallest absolute Gasteiger partial charge is 0.0927 e. The number of hydrogen-bond acceptors (Lipinski definition) is 1.